The summed E-state index contributed by atoms with van der Waals surface area (Å²) >= 11 is 1.62. The number of amides is 1. The van der Waals surface area contributed by atoms with Crippen molar-refractivity contribution in [1.82, 2.24) is 4.98 Å². The van der Waals surface area contributed by atoms with Crippen molar-refractivity contribution in [3.63, 3.8) is 0 Å². The van der Waals surface area contributed by atoms with Crippen LogP contribution in [0.5, 0.6) is 11.5 Å². The number of hydrogen-bond donors (Lipinski definition) is 1. The van der Waals surface area contributed by atoms with Crippen LogP contribution in [0.3, 0.4) is 0 Å². The third-order valence-electron chi connectivity index (χ3n) is 3.97. The van der Waals surface area contributed by atoms with Crippen molar-refractivity contribution >= 4 is 34.8 Å². The minimum absolute atomic E-state index is 0. The van der Waals surface area contributed by atoms with Gasteiger partial charge in [0.15, 0.2) is 5.13 Å². The van der Waals surface area contributed by atoms with Gasteiger partial charge in [-0.15, -0.1) is 23.7 Å². The van der Waals surface area contributed by atoms with Gasteiger partial charge in [0, 0.05) is 11.3 Å². The van der Waals surface area contributed by atoms with Crippen LogP contribution in [0.4, 0.5) is 5.13 Å². The highest BCUT2D eigenvalue weighted by Gasteiger charge is 2.16. The zero-order valence-corrected chi connectivity index (χ0v) is 15.9. The monoisotopic (exact) mass is 382 g/mol. The molecule has 3 rings (SSSR count). The van der Waals surface area contributed by atoms with Gasteiger partial charge >= 0.3 is 0 Å². The lowest BCUT2D eigenvalue weighted by Gasteiger charge is -2.07. The molecule has 0 fully saturated rings. The zero-order chi connectivity index (χ0) is 16.8. The first-order valence-electron chi connectivity index (χ1n) is 8.30. The molecule has 0 radical (unpaired) electrons. The Morgan fingerprint density at radius 1 is 1.20 bits per heavy atom. The minimum atomic E-state index is -0.000530. The molecule has 0 unspecified atom stereocenters. The molecular formula is C18H23ClN2O3S. The minimum Gasteiger partial charge on any atom is -0.497 e. The molecule has 1 aromatic carbocycles. The molecule has 0 saturated carbocycles. The fraction of sp³-hybridized carbons (Fsp3) is 0.444. The average Bonchev–Trinajstić information content (AvgIpc) is 3.01. The summed E-state index contributed by atoms with van der Waals surface area (Å²) in [5.41, 5.74) is 1.17. The van der Waals surface area contributed by atoms with Crippen LogP contribution in [-0.4, -0.2) is 24.6 Å². The first-order chi connectivity index (χ1) is 11.7. The molecular weight excluding hydrogens is 360 g/mol. The lowest BCUT2D eigenvalue weighted by atomic mass is 10.0. The summed E-state index contributed by atoms with van der Waals surface area (Å²) in [6.45, 7) is 0.508. The molecule has 7 heteroatoms. The van der Waals surface area contributed by atoms with Crippen molar-refractivity contribution in [2.75, 3.05) is 19.0 Å². The number of aryl methyl sites for hydroxylation is 2. The van der Waals surface area contributed by atoms with E-state index in [9.17, 15) is 4.79 Å². The van der Waals surface area contributed by atoms with Crippen LogP contribution in [0, 0.1) is 0 Å². The van der Waals surface area contributed by atoms with Gasteiger partial charge in [0.1, 0.15) is 11.5 Å². The van der Waals surface area contributed by atoms with Gasteiger partial charge in [-0.05, 0) is 56.4 Å². The van der Waals surface area contributed by atoms with E-state index < -0.39 is 0 Å². The lowest BCUT2D eigenvalue weighted by Crippen LogP contribution is -2.12. The van der Waals surface area contributed by atoms with Crippen LogP contribution in [0.1, 0.15) is 36.3 Å². The molecule has 1 heterocycles. The maximum absolute atomic E-state index is 12.0. The number of thiazole rings is 1. The number of aromatic nitrogens is 1. The Morgan fingerprint density at radius 2 is 1.92 bits per heavy atom. The number of nitrogens with one attached hydrogen (secondary N) is 1. The van der Waals surface area contributed by atoms with Crippen molar-refractivity contribution in [3.05, 3.63) is 34.8 Å². The van der Waals surface area contributed by atoms with Crippen molar-refractivity contribution in [2.24, 2.45) is 0 Å². The Morgan fingerprint density at radius 3 is 2.64 bits per heavy atom. The number of hydrogen-bond acceptors (Lipinski definition) is 5. The summed E-state index contributed by atoms with van der Waals surface area (Å²) in [4.78, 5) is 17.9. The molecule has 1 N–H and O–H groups in total. The maximum Gasteiger partial charge on any atom is 0.226 e. The fourth-order valence-electron chi connectivity index (χ4n) is 2.68. The molecule has 1 amide bonds. The van der Waals surface area contributed by atoms with Crippen LogP contribution in [0.25, 0.3) is 0 Å². The van der Waals surface area contributed by atoms with Gasteiger partial charge in [0.05, 0.1) is 19.4 Å². The highest BCUT2D eigenvalue weighted by molar-refractivity contribution is 7.15. The van der Waals surface area contributed by atoms with Crippen LogP contribution in [0.2, 0.25) is 0 Å². The quantitative estimate of drug-likeness (QED) is 0.727. The first kappa shape index (κ1) is 19.5. The second-order valence-electron chi connectivity index (χ2n) is 5.77. The molecule has 1 aliphatic carbocycles. The van der Waals surface area contributed by atoms with E-state index in [2.05, 4.69) is 10.3 Å². The highest BCUT2D eigenvalue weighted by Crippen LogP contribution is 2.29. The van der Waals surface area contributed by atoms with E-state index >= 15 is 0 Å². The number of nitrogens with zero attached hydrogens (tertiary/aromatic N) is 1. The van der Waals surface area contributed by atoms with E-state index in [4.69, 9.17) is 9.47 Å². The van der Waals surface area contributed by atoms with E-state index in [-0.39, 0.29) is 18.3 Å². The summed E-state index contributed by atoms with van der Waals surface area (Å²) in [6.07, 6.45) is 5.66. The molecule has 2 aromatic rings. The van der Waals surface area contributed by atoms with Crippen molar-refractivity contribution < 1.29 is 14.3 Å². The number of fused-ring (bicyclic) bond motifs is 1. The van der Waals surface area contributed by atoms with Crippen molar-refractivity contribution in [1.29, 1.82) is 0 Å². The Kier molecular flexibility index (Phi) is 7.52. The lowest BCUT2D eigenvalue weighted by molar-refractivity contribution is -0.116. The largest absolute Gasteiger partial charge is 0.497 e. The molecule has 0 saturated heterocycles. The second-order valence-corrected chi connectivity index (χ2v) is 6.86. The summed E-state index contributed by atoms with van der Waals surface area (Å²) in [7, 11) is 1.63. The number of rotatable bonds is 7. The van der Waals surface area contributed by atoms with E-state index in [1.807, 2.05) is 24.3 Å². The van der Waals surface area contributed by atoms with Gasteiger partial charge in [-0.1, -0.05) is 0 Å². The Labute approximate surface area is 158 Å². The van der Waals surface area contributed by atoms with E-state index in [1.54, 1.807) is 18.4 Å². The molecule has 0 spiro atoms. The third-order valence-corrected chi connectivity index (χ3v) is 5.04. The van der Waals surface area contributed by atoms with E-state index in [0.29, 0.717) is 19.4 Å². The fourth-order valence-corrected chi connectivity index (χ4v) is 3.75. The van der Waals surface area contributed by atoms with Gasteiger partial charge in [0.2, 0.25) is 5.91 Å². The standard InChI is InChI=1S/C18H22N2O3S.ClH/c1-22-13-8-10-14(11-9-13)23-12-4-7-17(21)20-18-19-15-5-2-3-6-16(15)24-18;/h8-11H,2-7,12H2,1H3,(H,19,20,21);1H. The number of anilines is 1. The average molecular weight is 383 g/mol. The smallest absolute Gasteiger partial charge is 0.226 e. The van der Waals surface area contributed by atoms with Gasteiger partial charge < -0.3 is 14.8 Å². The predicted octanol–water partition coefficient (Wildman–Crippen LogP) is 4.25. The number of halogens is 1. The summed E-state index contributed by atoms with van der Waals surface area (Å²) in [6, 6.07) is 7.43. The summed E-state index contributed by atoms with van der Waals surface area (Å²) in [5.74, 6) is 1.58. The highest BCUT2D eigenvalue weighted by atomic mass is 35.5. The van der Waals surface area contributed by atoms with E-state index in [1.165, 1.54) is 23.4 Å². The SMILES string of the molecule is COc1ccc(OCCCC(=O)Nc2nc3c(s2)CCCC3)cc1.Cl. The van der Waals surface area contributed by atoms with Crippen LogP contribution >= 0.6 is 23.7 Å². The molecule has 136 valence electrons. The second kappa shape index (κ2) is 9.63. The number of benzene rings is 1. The van der Waals surface area contributed by atoms with Gasteiger partial charge in [0.25, 0.3) is 0 Å². The van der Waals surface area contributed by atoms with Crippen LogP contribution in [0.15, 0.2) is 24.3 Å². The van der Waals surface area contributed by atoms with Gasteiger partial charge in [-0.2, -0.15) is 0 Å². The summed E-state index contributed by atoms with van der Waals surface area (Å²) < 4.78 is 10.7. The van der Waals surface area contributed by atoms with Crippen LogP contribution in [-0.2, 0) is 17.6 Å². The maximum atomic E-state index is 12.0. The molecule has 0 bridgehead atoms. The zero-order valence-electron chi connectivity index (χ0n) is 14.2. The predicted molar refractivity (Wildman–Crippen MR) is 102 cm³/mol. The Hall–Kier alpha value is -1.79. The Balaban J connectivity index is 0.00000225. The van der Waals surface area contributed by atoms with Crippen molar-refractivity contribution in [2.45, 2.75) is 38.5 Å². The normalized spacial score (nSPS) is 12.7. The van der Waals surface area contributed by atoms with Crippen molar-refractivity contribution in [3.8, 4) is 11.5 Å². The number of carbonyl (C=O) groups is 1. The van der Waals surface area contributed by atoms with Crippen LogP contribution < -0.4 is 14.8 Å². The molecule has 1 aromatic heterocycles. The molecule has 5 nitrogen and oxygen atoms in total. The van der Waals surface area contributed by atoms with Gasteiger partial charge in [-0.25, -0.2) is 4.98 Å². The molecule has 0 aliphatic heterocycles. The number of carbonyl (C=O) groups excluding carboxylic acids is 1. The molecule has 25 heavy (non-hydrogen) atoms. The first-order valence-corrected chi connectivity index (χ1v) is 9.11. The third kappa shape index (κ3) is 5.61. The molecule has 1 aliphatic rings. The number of methoxy groups -OCH3 is 1. The van der Waals surface area contributed by atoms with E-state index in [0.717, 1.165) is 29.5 Å². The molecule has 0 atom stereocenters. The van der Waals surface area contributed by atoms with Gasteiger partial charge in [-0.3, -0.25) is 4.79 Å². The topological polar surface area (TPSA) is 60.5 Å². The Bertz CT molecular complexity index is 665. The number of ether oxygens (including phenoxy) is 2. The summed E-state index contributed by atoms with van der Waals surface area (Å²) in [5, 5.41) is 3.65.